The molecule has 0 radical (unpaired) electrons. The second-order valence-electron chi connectivity index (χ2n) is 13.7. The molecule has 4 aliphatic rings. The van der Waals surface area contributed by atoms with Crippen LogP contribution >= 0.6 is 0 Å². The van der Waals surface area contributed by atoms with Crippen molar-refractivity contribution in [2.75, 3.05) is 0 Å². The van der Waals surface area contributed by atoms with E-state index in [-0.39, 0.29) is 48.7 Å². The lowest BCUT2D eigenvalue weighted by Crippen LogP contribution is -2.38. The number of carbonyl (C=O) groups excluding carboxylic acids is 1. The first-order valence-corrected chi connectivity index (χ1v) is 18.2. The van der Waals surface area contributed by atoms with Gasteiger partial charge in [-0.2, -0.15) is 0 Å². The molecule has 0 aromatic rings. The number of aliphatic hydroxyl groups excluding tert-OH is 1. The molecule has 8 atom stereocenters. The third-order valence-electron chi connectivity index (χ3n) is 10.0. The Hall–Kier alpha value is -1.21. The number of hydrogen-bond donors (Lipinski definition) is 1. The molecule has 0 spiro atoms. The highest BCUT2D eigenvalue weighted by Gasteiger charge is 2.42. The van der Waals surface area contributed by atoms with Gasteiger partial charge in [-0.15, -0.1) is 0 Å². The van der Waals surface area contributed by atoms with Crippen molar-refractivity contribution in [1.29, 1.82) is 0 Å². The van der Waals surface area contributed by atoms with Gasteiger partial charge in [0.25, 0.3) is 0 Å². The van der Waals surface area contributed by atoms with E-state index in [1.807, 2.05) is 13.0 Å². The predicted molar refractivity (Wildman–Crippen MR) is 172 cm³/mol. The molecule has 4 rings (SSSR count). The second-order valence-corrected chi connectivity index (χ2v) is 13.7. The highest BCUT2D eigenvalue weighted by atomic mass is 16.6. The minimum Gasteiger partial charge on any atom is -0.455 e. The van der Waals surface area contributed by atoms with Gasteiger partial charge in [-0.05, 0) is 109 Å². The average Bonchev–Trinajstić information content (AvgIpc) is 3.76. The zero-order valence-electron chi connectivity index (χ0n) is 27.4. The van der Waals surface area contributed by atoms with Crippen molar-refractivity contribution >= 4 is 5.97 Å². The Morgan fingerprint density at radius 2 is 1.47 bits per heavy atom. The number of hydrogen-bond acceptors (Lipinski definition) is 6. The molecule has 0 amide bonds. The highest BCUT2D eigenvalue weighted by molar-refractivity contribution is 5.90. The number of cyclic esters (lactones) is 1. The molecule has 6 heteroatoms. The van der Waals surface area contributed by atoms with Crippen LogP contribution in [0.15, 0.2) is 23.8 Å². The van der Waals surface area contributed by atoms with Crippen LogP contribution in [0.2, 0.25) is 0 Å². The van der Waals surface area contributed by atoms with Crippen LogP contribution in [-0.4, -0.2) is 59.9 Å². The van der Waals surface area contributed by atoms with Gasteiger partial charge >= 0.3 is 5.97 Å². The summed E-state index contributed by atoms with van der Waals surface area (Å²) in [5, 5.41) is 10.8. The van der Waals surface area contributed by atoms with Gasteiger partial charge in [0.15, 0.2) is 0 Å². The topological polar surface area (TPSA) is 74.2 Å². The van der Waals surface area contributed by atoms with Gasteiger partial charge in [-0.25, -0.2) is 4.79 Å². The van der Waals surface area contributed by atoms with Gasteiger partial charge < -0.3 is 24.1 Å². The van der Waals surface area contributed by atoms with Gasteiger partial charge in [-0.3, -0.25) is 0 Å². The number of rotatable bonds is 20. The van der Waals surface area contributed by atoms with E-state index in [1.165, 1.54) is 57.8 Å². The third kappa shape index (κ3) is 11.9. The number of allylic oxidation sites excluding steroid dienone is 2. The van der Waals surface area contributed by atoms with Crippen molar-refractivity contribution in [2.45, 2.75) is 204 Å². The number of ether oxygens (including phenoxy) is 4. The largest absolute Gasteiger partial charge is 0.455 e. The lowest BCUT2D eigenvalue weighted by Gasteiger charge is -2.34. The fourth-order valence-corrected chi connectivity index (χ4v) is 7.48. The Kier molecular flexibility index (Phi) is 15.6. The first-order chi connectivity index (χ1) is 21.0. The standard InChI is InChI=1S/C37H62O6/c1-3-4-5-15-19-30-20-17-22-33(41-30)34-25-26-36(43-34)35-24-23-32(42-35)31(38)21-16-13-11-9-7-6-8-10-12-14-18-29-27-28(2)40-37(29)39/h6-7,27-28,30-36,38H,3-5,8-26H2,1-2H3/b7-6+/t28-,30+,31-,32-,33+,34+,35-,36-/m1/s1. The van der Waals surface area contributed by atoms with Crippen LogP contribution in [0.4, 0.5) is 0 Å². The summed E-state index contributed by atoms with van der Waals surface area (Å²) < 4.78 is 24.6. The van der Waals surface area contributed by atoms with Crippen molar-refractivity contribution in [1.82, 2.24) is 0 Å². The average molecular weight is 603 g/mol. The van der Waals surface area contributed by atoms with Crippen LogP contribution in [0.5, 0.6) is 0 Å². The summed E-state index contributed by atoms with van der Waals surface area (Å²) in [6.45, 7) is 4.18. The summed E-state index contributed by atoms with van der Waals surface area (Å²) in [7, 11) is 0. The van der Waals surface area contributed by atoms with Crippen LogP contribution in [0.3, 0.4) is 0 Å². The Labute approximate surface area is 262 Å². The van der Waals surface area contributed by atoms with Crippen molar-refractivity contribution < 1.29 is 28.8 Å². The number of unbranched alkanes of at least 4 members (excludes halogenated alkanes) is 9. The zero-order chi connectivity index (χ0) is 30.3. The zero-order valence-corrected chi connectivity index (χ0v) is 27.4. The van der Waals surface area contributed by atoms with E-state index in [1.54, 1.807) is 0 Å². The van der Waals surface area contributed by atoms with Gasteiger partial charge in [-0.1, -0.05) is 64.0 Å². The Morgan fingerprint density at radius 3 is 2.19 bits per heavy atom. The minimum absolute atomic E-state index is 0.0371. The molecule has 3 fully saturated rings. The molecule has 0 aromatic heterocycles. The number of carbonyl (C=O) groups is 1. The molecular formula is C37H62O6. The quantitative estimate of drug-likeness (QED) is 0.0854. The van der Waals surface area contributed by atoms with Crippen LogP contribution in [0.25, 0.3) is 0 Å². The summed E-state index contributed by atoms with van der Waals surface area (Å²) >= 11 is 0. The van der Waals surface area contributed by atoms with E-state index in [0.29, 0.717) is 6.10 Å². The number of esters is 1. The number of aliphatic hydroxyl groups is 1. The van der Waals surface area contributed by atoms with Crippen LogP contribution in [0.1, 0.15) is 155 Å². The molecule has 0 unspecified atom stereocenters. The first kappa shape index (κ1) is 34.7. The van der Waals surface area contributed by atoms with Crippen LogP contribution < -0.4 is 0 Å². The first-order valence-electron chi connectivity index (χ1n) is 18.2. The molecule has 6 nitrogen and oxygen atoms in total. The van der Waals surface area contributed by atoms with Crippen molar-refractivity contribution in [3.05, 3.63) is 23.8 Å². The summed E-state index contributed by atoms with van der Waals surface area (Å²) in [6, 6.07) is 0. The Morgan fingerprint density at radius 1 is 0.791 bits per heavy atom. The van der Waals surface area contributed by atoms with Crippen LogP contribution in [-0.2, 0) is 23.7 Å². The molecule has 1 N–H and O–H groups in total. The summed E-state index contributed by atoms with van der Waals surface area (Å²) in [6.07, 6.45) is 32.1. The van der Waals surface area contributed by atoms with E-state index < -0.39 is 0 Å². The fraction of sp³-hybridized carbons (Fsp3) is 0.865. The van der Waals surface area contributed by atoms with E-state index >= 15 is 0 Å². The molecule has 4 heterocycles. The molecule has 246 valence electrons. The summed E-state index contributed by atoms with van der Waals surface area (Å²) in [4.78, 5) is 11.6. The van der Waals surface area contributed by atoms with Crippen molar-refractivity contribution in [3.63, 3.8) is 0 Å². The van der Waals surface area contributed by atoms with E-state index in [9.17, 15) is 9.90 Å². The Bertz CT molecular complexity index is 854. The molecule has 3 saturated heterocycles. The Balaban J connectivity index is 0.991. The minimum atomic E-state index is -0.363. The molecular weight excluding hydrogens is 540 g/mol. The van der Waals surface area contributed by atoms with E-state index in [2.05, 4.69) is 19.1 Å². The third-order valence-corrected chi connectivity index (χ3v) is 10.0. The summed E-state index contributed by atoms with van der Waals surface area (Å²) in [5.74, 6) is -0.127. The maximum Gasteiger partial charge on any atom is 0.334 e. The maximum absolute atomic E-state index is 11.6. The predicted octanol–water partition coefficient (Wildman–Crippen LogP) is 8.68. The fourth-order valence-electron chi connectivity index (χ4n) is 7.48. The van der Waals surface area contributed by atoms with E-state index in [0.717, 1.165) is 89.0 Å². The molecule has 43 heavy (non-hydrogen) atoms. The van der Waals surface area contributed by atoms with Gasteiger partial charge in [0, 0.05) is 5.57 Å². The SMILES string of the molecule is CCCCCC[C@H]1CCC[C@@H]([C@@H]2CC[C@H]([C@H]3CC[C@H]([C@H](O)CCCCC/C=C/CCCCCC4=C[C@@H](C)OC4=O)O3)O2)O1. The maximum atomic E-state index is 11.6. The van der Waals surface area contributed by atoms with E-state index in [4.69, 9.17) is 18.9 Å². The molecule has 4 aliphatic heterocycles. The second kappa shape index (κ2) is 19.3. The summed E-state index contributed by atoms with van der Waals surface area (Å²) in [5.41, 5.74) is 0.857. The molecule has 0 aromatic carbocycles. The lowest BCUT2D eigenvalue weighted by atomic mass is 9.96. The van der Waals surface area contributed by atoms with Gasteiger partial charge in [0.2, 0.25) is 0 Å². The molecule has 0 aliphatic carbocycles. The van der Waals surface area contributed by atoms with Crippen LogP contribution in [0, 0.1) is 0 Å². The van der Waals surface area contributed by atoms with Gasteiger partial charge in [0.05, 0.1) is 42.7 Å². The monoisotopic (exact) mass is 602 g/mol. The van der Waals surface area contributed by atoms with Gasteiger partial charge in [0.1, 0.15) is 6.10 Å². The lowest BCUT2D eigenvalue weighted by molar-refractivity contribution is -0.145. The van der Waals surface area contributed by atoms with Crippen molar-refractivity contribution in [3.8, 4) is 0 Å². The highest BCUT2D eigenvalue weighted by Crippen LogP contribution is 2.37. The molecule has 0 saturated carbocycles. The normalized spacial score (nSPS) is 32.0. The molecule has 0 bridgehead atoms. The van der Waals surface area contributed by atoms with Crippen molar-refractivity contribution in [2.24, 2.45) is 0 Å². The smallest absolute Gasteiger partial charge is 0.334 e.